The molecular weight excluding hydrogens is 391 g/mol. The Kier molecular flexibility index (Phi) is 7.18. The lowest BCUT2D eigenvalue weighted by atomic mass is 9.99. The third kappa shape index (κ3) is 6.17. The highest BCUT2D eigenvalue weighted by Gasteiger charge is 2.42. The van der Waals surface area contributed by atoms with E-state index < -0.39 is 23.5 Å². The molecule has 0 aliphatic carbocycles. The van der Waals surface area contributed by atoms with E-state index in [4.69, 9.17) is 4.43 Å². The van der Waals surface area contributed by atoms with Crippen molar-refractivity contribution in [1.82, 2.24) is 0 Å². The first-order valence-corrected chi connectivity index (χ1v) is 19.2. The Morgan fingerprint density at radius 2 is 1.11 bits per heavy atom. The van der Waals surface area contributed by atoms with Crippen molar-refractivity contribution in [2.24, 2.45) is 0 Å². The van der Waals surface area contributed by atoms with Gasteiger partial charge < -0.3 is 4.43 Å². The van der Waals surface area contributed by atoms with Gasteiger partial charge in [0.2, 0.25) is 8.32 Å². The maximum atomic E-state index is 7.01. The Labute approximate surface area is 176 Å². The topological polar surface area (TPSA) is 9.23 Å². The molecule has 0 saturated heterocycles. The quantitative estimate of drug-likeness (QED) is 0.255. The Bertz CT molecular complexity index is 739. The van der Waals surface area contributed by atoms with E-state index in [2.05, 4.69) is 121 Å². The predicted molar refractivity (Wildman–Crippen MR) is 133 cm³/mol. The summed E-state index contributed by atoms with van der Waals surface area (Å²) in [7, 11) is -3.72. The average molecular weight is 429 g/mol. The molecule has 4 heteroatoms. The Morgan fingerprint density at radius 3 is 1.39 bits per heavy atom. The second-order valence-corrected chi connectivity index (χ2v) is 26.9. The molecule has 28 heavy (non-hydrogen) atoms. The van der Waals surface area contributed by atoms with Gasteiger partial charge in [-0.15, -0.1) is 0 Å². The maximum absolute atomic E-state index is 7.01. The summed E-state index contributed by atoms with van der Waals surface area (Å²) in [6.45, 7) is 21.6. The molecule has 0 radical (unpaired) electrons. The van der Waals surface area contributed by atoms with Gasteiger partial charge in [-0.3, -0.25) is 0 Å². The molecule has 0 amide bonds. The van der Waals surface area contributed by atoms with E-state index >= 15 is 0 Å². The molecule has 0 bridgehead atoms. The van der Waals surface area contributed by atoms with Crippen LogP contribution in [0, 0.1) is 0 Å². The molecule has 1 nitrogen and oxygen atoms in total. The van der Waals surface area contributed by atoms with Crippen molar-refractivity contribution in [2.45, 2.75) is 65.2 Å². The fraction of sp³-hybridized carbons (Fsp3) is 0.417. The van der Waals surface area contributed by atoms with E-state index in [0.29, 0.717) is 0 Å². The molecule has 1 atom stereocenters. The Morgan fingerprint density at radius 1 is 0.714 bits per heavy atom. The van der Waals surface area contributed by atoms with Gasteiger partial charge in [-0.2, -0.15) is 0 Å². The second kappa shape index (κ2) is 8.69. The van der Waals surface area contributed by atoms with Crippen molar-refractivity contribution in [1.29, 1.82) is 0 Å². The summed E-state index contributed by atoms with van der Waals surface area (Å²) in [5.41, 5.74) is 5.10. The highest BCUT2D eigenvalue weighted by molar-refractivity contribution is 7.98. The second-order valence-electron chi connectivity index (χ2n) is 10.3. The van der Waals surface area contributed by atoms with Crippen molar-refractivity contribution in [3.63, 3.8) is 0 Å². The van der Waals surface area contributed by atoms with Crippen LogP contribution in [0.1, 0.15) is 31.9 Å². The van der Waals surface area contributed by atoms with E-state index in [1.807, 2.05) is 0 Å². The minimum atomic E-state index is -1.79. The van der Waals surface area contributed by atoms with Gasteiger partial charge in [0.1, 0.15) is 5.50 Å². The first-order valence-electron chi connectivity index (χ1n) is 10.2. The zero-order valence-corrected chi connectivity index (χ0v) is 22.0. The standard InChI is InChI=1S/C24H37OPSi2/c1-24(2,3)26(28(7,8)9)23(25-27(4,5)6)22(20-16-12-10-13-17-20)21-18-14-11-15-19-21/h10-19H,1-9H3. The lowest BCUT2D eigenvalue weighted by molar-refractivity contribution is 0.461. The van der Waals surface area contributed by atoms with Crippen molar-refractivity contribution in [3.05, 3.63) is 77.3 Å². The van der Waals surface area contributed by atoms with Gasteiger partial charge in [-0.05, 0) is 43.4 Å². The van der Waals surface area contributed by atoms with Crippen molar-refractivity contribution in [2.75, 3.05) is 0 Å². The zero-order chi connectivity index (χ0) is 21.2. The first-order chi connectivity index (χ1) is 12.8. The molecule has 2 aromatic carbocycles. The average Bonchev–Trinajstić information content (AvgIpc) is 2.53. The van der Waals surface area contributed by atoms with Crippen LogP contribution in [0.5, 0.6) is 0 Å². The van der Waals surface area contributed by atoms with Crippen molar-refractivity contribution < 1.29 is 4.43 Å². The number of rotatable bonds is 6. The van der Waals surface area contributed by atoms with Crippen LogP contribution in [0.3, 0.4) is 0 Å². The summed E-state index contributed by atoms with van der Waals surface area (Å²) in [6, 6.07) is 21.7. The highest BCUT2D eigenvalue weighted by atomic mass is 31.4. The van der Waals surface area contributed by atoms with E-state index in [1.54, 1.807) is 0 Å². The minimum absolute atomic E-state index is 0.198. The SMILES string of the molecule is CC(C)(C)P(C(O[Si](C)(C)C)=C(c1ccccc1)c1ccccc1)[Si](C)(C)C. The maximum Gasteiger partial charge on any atom is 0.242 e. The summed E-state index contributed by atoms with van der Waals surface area (Å²) in [5, 5.41) is 0.198. The lowest BCUT2D eigenvalue weighted by Crippen LogP contribution is -2.34. The molecule has 0 spiro atoms. The Hall–Kier alpha value is -1.16. The van der Waals surface area contributed by atoms with Crippen LogP contribution in [0.2, 0.25) is 39.3 Å². The van der Waals surface area contributed by atoms with Crippen molar-refractivity contribution >= 4 is 29.1 Å². The first kappa shape index (κ1) is 23.1. The molecule has 2 rings (SSSR count). The fourth-order valence-corrected chi connectivity index (χ4v) is 17.9. The molecule has 152 valence electrons. The molecule has 0 saturated carbocycles. The van der Waals surface area contributed by atoms with Gasteiger partial charge in [-0.25, -0.2) is 0 Å². The number of hydrogen-bond acceptors (Lipinski definition) is 1. The lowest BCUT2D eigenvalue weighted by Gasteiger charge is -2.44. The summed E-state index contributed by atoms with van der Waals surface area (Å²) in [5.74, 6) is 0. The normalized spacial score (nSPS) is 13.8. The highest BCUT2D eigenvalue weighted by Crippen LogP contribution is 2.65. The number of benzene rings is 2. The molecule has 0 aromatic heterocycles. The van der Waals surface area contributed by atoms with Crippen LogP contribution in [0.25, 0.3) is 5.57 Å². The van der Waals surface area contributed by atoms with Gasteiger partial charge in [0.15, 0.2) is 0 Å². The van der Waals surface area contributed by atoms with E-state index in [0.717, 1.165) is 0 Å². The van der Waals surface area contributed by atoms with Gasteiger partial charge in [0, 0.05) is 5.57 Å². The third-order valence-electron chi connectivity index (χ3n) is 4.29. The van der Waals surface area contributed by atoms with Gasteiger partial charge in [0.05, 0.1) is 7.74 Å². The molecule has 0 heterocycles. The Balaban J connectivity index is 2.92. The smallest absolute Gasteiger partial charge is 0.242 e. The van der Waals surface area contributed by atoms with Gasteiger partial charge in [-0.1, -0.05) is 101 Å². The van der Waals surface area contributed by atoms with E-state index in [1.165, 1.54) is 22.2 Å². The summed E-state index contributed by atoms with van der Waals surface area (Å²) >= 11 is 0. The number of hydrogen-bond donors (Lipinski definition) is 0. The largest absolute Gasteiger partial charge is 0.544 e. The van der Waals surface area contributed by atoms with E-state index in [9.17, 15) is 0 Å². The summed E-state index contributed by atoms with van der Waals surface area (Å²) in [4.78, 5) is 0. The molecule has 0 aliphatic heterocycles. The molecule has 0 N–H and O–H groups in total. The molecule has 1 unspecified atom stereocenters. The molecular formula is C24H37OPSi2. The summed E-state index contributed by atoms with van der Waals surface area (Å²) in [6.07, 6.45) is 0. The van der Waals surface area contributed by atoms with Crippen LogP contribution in [-0.2, 0) is 4.43 Å². The predicted octanol–water partition coefficient (Wildman–Crippen LogP) is 8.37. The molecule has 0 aliphatic rings. The monoisotopic (exact) mass is 428 g/mol. The van der Waals surface area contributed by atoms with Crippen LogP contribution in [0.15, 0.2) is 66.2 Å². The summed E-state index contributed by atoms with van der Waals surface area (Å²) < 4.78 is 7.01. The van der Waals surface area contributed by atoms with Crippen LogP contribution >= 0.6 is 7.47 Å². The third-order valence-corrected chi connectivity index (χ3v) is 15.3. The zero-order valence-electron chi connectivity index (χ0n) is 19.1. The fourth-order valence-electron chi connectivity index (χ4n) is 3.74. The minimum Gasteiger partial charge on any atom is -0.544 e. The molecule has 0 fully saturated rings. The van der Waals surface area contributed by atoms with Gasteiger partial charge >= 0.3 is 0 Å². The van der Waals surface area contributed by atoms with Gasteiger partial charge in [0.25, 0.3) is 0 Å². The van der Waals surface area contributed by atoms with Crippen LogP contribution in [-0.4, -0.2) is 21.2 Å². The molecule has 2 aromatic rings. The van der Waals surface area contributed by atoms with Crippen molar-refractivity contribution in [3.8, 4) is 0 Å². The van der Waals surface area contributed by atoms with Crippen LogP contribution in [0.4, 0.5) is 0 Å². The van der Waals surface area contributed by atoms with E-state index in [-0.39, 0.29) is 5.16 Å². The van der Waals surface area contributed by atoms with Crippen LogP contribution < -0.4 is 0 Å².